The van der Waals surface area contributed by atoms with Gasteiger partial charge in [-0.25, -0.2) is 14.6 Å². The number of nitro groups is 1. The Kier molecular flexibility index (Phi) is 8.73. The quantitative estimate of drug-likeness (QED) is 0.180. The lowest BCUT2D eigenvalue weighted by molar-refractivity contribution is -0.388. The minimum Gasteiger partial charge on any atom is -0.478 e. The van der Waals surface area contributed by atoms with Gasteiger partial charge in [0, 0.05) is 41.7 Å². The molecule has 3 rings (SSSR count). The van der Waals surface area contributed by atoms with Crippen LogP contribution >= 0.6 is 33.2 Å². The number of aliphatic carboxylic acids is 1. The number of ether oxygens (including phenoxy) is 1. The third-order valence-corrected chi connectivity index (χ3v) is 8.11. The molecule has 1 N–H and O–H groups in total. The molecule has 0 aliphatic carbocycles. The molecule has 0 saturated carbocycles. The van der Waals surface area contributed by atoms with Gasteiger partial charge in [0.2, 0.25) is 0 Å². The number of piperidine rings is 1. The number of likely N-dealkylation sites (tertiary alicyclic amines) is 1. The summed E-state index contributed by atoms with van der Waals surface area (Å²) in [6.07, 6.45) is 3.10. The Morgan fingerprint density at radius 1 is 1.36 bits per heavy atom. The summed E-state index contributed by atoms with van der Waals surface area (Å²) < 4.78 is 5.00. The van der Waals surface area contributed by atoms with Crippen LogP contribution in [0.3, 0.4) is 0 Å². The Labute approximate surface area is 202 Å². The van der Waals surface area contributed by atoms with Gasteiger partial charge in [0.05, 0.1) is 12.0 Å². The molecular formula is C21H20ClN3O6S2. The Hall–Kier alpha value is -2.60. The van der Waals surface area contributed by atoms with Crippen molar-refractivity contribution in [3.05, 3.63) is 74.9 Å². The molecule has 0 radical (unpaired) electrons. The van der Waals surface area contributed by atoms with Crippen molar-refractivity contribution in [2.75, 3.05) is 20.2 Å². The molecule has 174 valence electrons. The van der Waals surface area contributed by atoms with Gasteiger partial charge in [0.25, 0.3) is 0 Å². The van der Waals surface area contributed by atoms with Crippen LogP contribution in [0.5, 0.6) is 0 Å². The topological polar surface area (TPSA) is 123 Å². The third kappa shape index (κ3) is 6.26. The summed E-state index contributed by atoms with van der Waals surface area (Å²) in [5, 5.41) is 21.1. The van der Waals surface area contributed by atoms with Crippen molar-refractivity contribution in [2.45, 2.75) is 22.7 Å². The van der Waals surface area contributed by atoms with E-state index >= 15 is 0 Å². The molecule has 33 heavy (non-hydrogen) atoms. The second kappa shape index (κ2) is 11.5. The first-order valence-electron chi connectivity index (χ1n) is 9.74. The zero-order chi connectivity index (χ0) is 24.0. The summed E-state index contributed by atoms with van der Waals surface area (Å²) in [7, 11) is 3.73. The third-order valence-electron chi connectivity index (χ3n) is 4.97. The van der Waals surface area contributed by atoms with E-state index in [4.69, 9.17) is 16.3 Å². The lowest BCUT2D eigenvalue weighted by Crippen LogP contribution is -2.42. The predicted molar refractivity (Wildman–Crippen MR) is 126 cm³/mol. The first-order valence-corrected chi connectivity index (χ1v) is 12.3. The fourth-order valence-electron chi connectivity index (χ4n) is 3.48. The SMILES string of the molecule is COC(=O)C(c1ccccc1Cl)N1CCC(SSc2ncccc2[N+](=O)[O-])/C(=C\C(=O)O)C1. The normalized spacial score (nSPS) is 18.6. The van der Waals surface area contributed by atoms with E-state index in [0.29, 0.717) is 29.1 Å². The maximum Gasteiger partial charge on any atom is 0.328 e. The monoisotopic (exact) mass is 509 g/mol. The standard InChI is InChI=1S/C21H20ClN3O6S2/c1-31-21(28)19(14-5-2-3-6-15(14)22)24-10-8-17(13(12-24)11-18(26)27)32-33-20-16(25(29)30)7-4-9-23-20/h2-7,9,11,17,19H,8,10,12H2,1H3,(H,26,27)/b13-11-. The molecule has 9 nitrogen and oxygen atoms in total. The minimum absolute atomic E-state index is 0.110. The van der Waals surface area contributed by atoms with Gasteiger partial charge in [-0.3, -0.25) is 15.0 Å². The second-order valence-corrected chi connectivity index (χ2v) is 9.82. The molecule has 0 amide bonds. The van der Waals surface area contributed by atoms with E-state index in [2.05, 4.69) is 4.98 Å². The Morgan fingerprint density at radius 3 is 2.79 bits per heavy atom. The zero-order valence-electron chi connectivity index (χ0n) is 17.4. The Bertz CT molecular complexity index is 1080. The molecule has 2 unspecified atom stereocenters. The van der Waals surface area contributed by atoms with E-state index in [1.807, 2.05) is 4.90 Å². The molecule has 2 heterocycles. The van der Waals surface area contributed by atoms with E-state index in [0.717, 1.165) is 16.9 Å². The van der Waals surface area contributed by atoms with E-state index in [-0.39, 0.29) is 22.5 Å². The van der Waals surface area contributed by atoms with Gasteiger partial charge < -0.3 is 9.84 Å². The lowest BCUT2D eigenvalue weighted by Gasteiger charge is -2.37. The maximum atomic E-state index is 12.6. The Balaban J connectivity index is 1.83. The number of halogens is 1. The van der Waals surface area contributed by atoms with Crippen LogP contribution in [0, 0.1) is 10.1 Å². The number of carbonyl (C=O) groups excluding carboxylic acids is 1. The fraction of sp³-hybridized carbons (Fsp3) is 0.286. The molecule has 0 bridgehead atoms. The largest absolute Gasteiger partial charge is 0.478 e. The Morgan fingerprint density at radius 2 is 2.12 bits per heavy atom. The molecule has 2 atom stereocenters. The van der Waals surface area contributed by atoms with Crippen LogP contribution in [0.2, 0.25) is 5.02 Å². The second-order valence-electron chi connectivity index (χ2n) is 7.02. The first kappa shape index (κ1) is 25.0. The van der Waals surface area contributed by atoms with Crippen molar-refractivity contribution in [3.8, 4) is 0 Å². The number of hydrogen-bond acceptors (Lipinski definition) is 9. The number of rotatable bonds is 8. The van der Waals surface area contributed by atoms with Crippen molar-refractivity contribution in [1.29, 1.82) is 0 Å². The average molecular weight is 510 g/mol. The molecule has 2 aromatic rings. The highest BCUT2D eigenvalue weighted by Crippen LogP contribution is 2.43. The van der Waals surface area contributed by atoms with Crippen LogP contribution in [0.25, 0.3) is 0 Å². The summed E-state index contributed by atoms with van der Waals surface area (Å²) >= 11 is 6.33. The molecule has 12 heteroatoms. The number of carbonyl (C=O) groups is 2. The number of carboxylic acid groups (broad SMARTS) is 1. The van der Waals surface area contributed by atoms with Gasteiger partial charge in [-0.05, 0) is 40.5 Å². The summed E-state index contributed by atoms with van der Waals surface area (Å²) in [5.41, 5.74) is 1.04. The minimum atomic E-state index is -1.11. The van der Waals surface area contributed by atoms with Gasteiger partial charge in [-0.1, -0.05) is 40.6 Å². The number of carboxylic acids is 1. The number of aromatic nitrogens is 1. The van der Waals surface area contributed by atoms with Crippen LogP contribution in [0.4, 0.5) is 5.69 Å². The summed E-state index contributed by atoms with van der Waals surface area (Å²) in [4.78, 5) is 40.8. The van der Waals surface area contributed by atoms with Crippen molar-refractivity contribution in [1.82, 2.24) is 9.88 Å². The average Bonchev–Trinajstić information content (AvgIpc) is 2.79. The molecule has 1 aliphatic rings. The van der Waals surface area contributed by atoms with Crippen molar-refractivity contribution in [2.24, 2.45) is 0 Å². The summed E-state index contributed by atoms with van der Waals surface area (Å²) in [6, 6.07) is 9.01. The van der Waals surface area contributed by atoms with Gasteiger partial charge in [0.15, 0.2) is 5.03 Å². The zero-order valence-corrected chi connectivity index (χ0v) is 19.8. The van der Waals surface area contributed by atoms with Gasteiger partial charge in [-0.2, -0.15) is 0 Å². The molecule has 1 aliphatic heterocycles. The number of methoxy groups -OCH3 is 1. The van der Waals surface area contributed by atoms with Gasteiger partial charge in [0.1, 0.15) is 6.04 Å². The predicted octanol–water partition coefficient (Wildman–Crippen LogP) is 4.38. The lowest BCUT2D eigenvalue weighted by atomic mass is 9.98. The van der Waals surface area contributed by atoms with Crippen molar-refractivity contribution in [3.63, 3.8) is 0 Å². The van der Waals surface area contributed by atoms with Crippen molar-refractivity contribution >= 4 is 50.8 Å². The van der Waals surface area contributed by atoms with Gasteiger partial charge in [-0.15, -0.1) is 0 Å². The highest BCUT2D eigenvalue weighted by Gasteiger charge is 2.36. The van der Waals surface area contributed by atoms with Crippen LogP contribution in [0.1, 0.15) is 18.0 Å². The first-order chi connectivity index (χ1) is 15.8. The highest BCUT2D eigenvalue weighted by molar-refractivity contribution is 8.77. The van der Waals surface area contributed by atoms with E-state index in [9.17, 15) is 24.8 Å². The maximum absolute atomic E-state index is 12.6. The van der Waals surface area contributed by atoms with Gasteiger partial charge >= 0.3 is 17.6 Å². The molecule has 1 fully saturated rings. The van der Waals surface area contributed by atoms with Crippen LogP contribution in [-0.4, -0.2) is 57.3 Å². The number of esters is 1. The summed E-state index contributed by atoms with van der Waals surface area (Å²) in [5.74, 6) is -1.61. The fourth-order valence-corrected chi connectivity index (χ4v) is 6.39. The van der Waals surface area contributed by atoms with Crippen molar-refractivity contribution < 1.29 is 24.4 Å². The number of pyridine rings is 1. The summed E-state index contributed by atoms with van der Waals surface area (Å²) in [6.45, 7) is 0.657. The van der Waals surface area contributed by atoms with Crippen LogP contribution in [0.15, 0.2) is 59.3 Å². The van der Waals surface area contributed by atoms with Crippen LogP contribution in [-0.2, 0) is 14.3 Å². The highest BCUT2D eigenvalue weighted by atomic mass is 35.5. The molecule has 1 aromatic carbocycles. The molecular weight excluding hydrogens is 490 g/mol. The van der Waals surface area contributed by atoms with E-state index in [1.165, 1.54) is 36.2 Å². The number of nitrogens with zero attached hydrogens (tertiary/aromatic N) is 3. The molecule has 1 saturated heterocycles. The number of hydrogen-bond donors (Lipinski definition) is 1. The smallest absolute Gasteiger partial charge is 0.328 e. The number of benzene rings is 1. The van der Waals surface area contributed by atoms with E-state index in [1.54, 1.807) is 24.3 Å². The molecule has 0 spiro atoms. The van der Waals surface area contributed by atoms with Crippen LogP contribution < -0.4 is 0 Å². The molecule has 1 aromatic heterocycles. The van der Waals surface area contributed by atoms with E-state index < -0.39 is 22.9 Å².